The lowest BCUT2D eigenvalue weighted by molar-refractivity contribution is -0.141. The van der Waals surface area contributed by atoms with Crippen LogP contribution in [0.3, 0.4) is 0 Å². The number of terminal acetylenes is 1. The van der Waals surface area contributed by atoms with Crippen LogP contribution in [0, 0.1) is 18.3 Å². The van der Waals surface area contributed by atoms with E-state index in [0.717, 1.165) is 0 Å². The summed E-state index contributed by atoms with van der Waals surface area (Å²) in [4.78, 5) is 21.6. The summed E-state index contributed by atoms with van der Waals surface area (Å²) in [5.41, 5.74) is 0. The quantitative estimate of drug-likeness (QED) is 0.396. The molecule has 1 unspecified atom stereocenters. The SMILES string of the molecule is C#CCNCC(=O)NCCCC(C)C(=O)O. The minimum Gasteiger partial charge on any atom is -0.481 e. The van der Waals surface area contributed by atoms with E-state index < -0.39 is 5.97 Å². The van der Waals surface area contributed by atoms with Crippen molar-refractivity contribution in [1.82, 2.24) is 10.6 Å². The monoisotopic (exact) mass is 226 g/mol. The number of hydrogen-bond donors (Lipinski definition) is 3. The number of rotatable bonds is 8. The summed E-state index contributed by atoms with van der Waals surface area (Å²) in [7, 11) is 0. The summed E-state index contributed by atoms with van der Waals surface area (Å²) in [6.07, 6.45) is 6.22. The van der Waals surface area contributed by atoms with Crippen LogP contribution in [0.2, 0.25) is 0 Å². The van der Waals surface area contributed by atoms with Crippen molar-refractivity contribution < 1.29 is 14.7 Å². The largest absolute Gasteiger partial charge is 0.481 e. The Morgan fingerprint density at radius 1 is 1.50 bits per heavy atom. The van der Waals surface area contributed by atoms with Crippen LogP contribution < -0.4 is 10.6 Å². The van der Waals surface area contributed by atoms with E-state index in [2.05, 4.69) is 16.6 Å². The highest BCUT2D eigenvalue weighted by Gasteiger charge is 2.09. The van der Waals surface area contributed by atoms with Gasteiger partial charge in [-0.15, -0.1) is 6.42 Å². The summed E-state index contributed by atoms with van der Waals surface area (Å²) in [5, 5.41) is 14.1. The standard InChI is InChI=1S/C11H18N2O3/c1-3-6-12-8-10(14)13-7-4-5-9(2)11(15)16/h1,9,12H,4-8H2,2H3,(H,13,14)(H,15,16). The Balaban J connectivity index is 3.41. The summed E-state index contributed by atoms with van der Waals surface area (Å²) in [6, 6.07) is 0. The molecule has 0 bridgehead atoms. The Bertz CT molecular complexity index is 271. The van der Waals surface area contributed by atoms with Gasteiger partial charge in [-0.05, 0) is 12.8 Å². The van der Waals surface area contributed by atoms with E-state index in [1.165, 1.54) is 0 Å². The lowest BCUT2D eigenvalue weighted by Gasteiger charge is -2.07. The Labute approximate surface area is 95.6 Å². The summed E-state index contributed by atoms with van der Waals surface area (Å²) < 4.78 is 0. The highest BCUT2D eigenvalue weighted by molar-refractivity contribution is 5.77. The second-order valence-corrected chi connectivity index (χ2v) is 3.54. The number of carbonyl (C=O) groups is 2. The van der Waals surface area contributed by atoms with Crippen LogP contribution in [0.15, 0.2) is 0 Å². The van der Waals surface area contributed by atoms with Gasteiger partial charge in [0.1, 0.15) is 0 Å². The first kappa shape index (κ1) is 14.5. The van der Waals surface area contributed by atoms with Crippen LogP contribution in [0.4, 0.5) is 0 Å². The van der Waals surface area contributed by atoms with E-state index in [0.29, 0.717) is 25.9 Å². The van der Waals surface area contributed by atoms with Crippen molar-refractivity contribution in [3.05, 3.63) is 0 Å². The molecule has 0 aliphatic rings. The Morgan fingerprint density at radius 3 is 2.75 bits per heavy atom. The van der Waals surface area contributed by atoms with Gasteiger partial charge < -0.3 is 10.4 Å². The first-order valence-electron chi connectivity index (χ1n) is 5.21. The van der Waals surface area contributed by atoms with Crippen molar-refractivity contribution in [1.29, 1.82) is 0 Å². The van der Waals surface area contributed by atoms with E-state index in [-0.39, 0.29) is 18.4 Å². The number of nitrogens with one attached hydrogen (secondary N) is 2. The molecule has 3 N–H and O–H groups in total. The molecule has 16 heavy (non-hydrogen) atoms. The van der Waals surface area contributed by atoms with E-state index >= 15 is 0 Å². The first-order chi connectivity index (χ1) is 7.57. The predicted molar refractivity (Wildman–Crippen MR) is 60.7 cm³/mol. The van der Waals surface area contributed by atoms with Gasteiger partial charge in [0.15, 0.2) is 0 Å². The molecule has 0 aliphatic heterocycles. The third kappa shape index (κ3) is 7.83. The third-order valence-corrected chi connectivity index (χ3v) is 2.07. The molecule has 0 aliphatic carbocycles. The Kier molecular flexibility index (Phi) is 7.90. The molecular weight excluding hydrogens is 208 g/mol. The molecule has 0 fully saturated rings. The molecule has 0 radical (unpaired) electrons. The zero-order chi connectivity index (χ0) is 12.4. The van der Waals surface area contributed by atoms with Gasteiger partial charge in [0.2, 0.25) is 5.91 Å². The molecule has 5 heteroatoms. The second-order valence-electron chi connectivity index (χ2n) is 3.54. The predicted octanol–water partition coefficient (Wildman–Crippen LogP) is -0.174. The van der Waals surface area contributed by atoms with E-state index in [1.807, 2.05) is 0 Å². The van der Waals surface area contributed by atoms with Crippen molar-refractivity contribution in [3.63, 3.8) is 0 Å². The van der Waals surface area contributed by atoms with Gasteiger partial charge in [-0.1, -0.05) is 12.8 Å². The van der Waals surface area contributed by atoms with Crippen molar-refractivity contribution in [3.8, 4) is 12.3 Å². The first-order valence-corrected chi connectivity index (χ1v) is 5.21. The minimum absolute atomic E-state index is 0.127. The van der Waals surface area contributed by atoms with Crippen LogP contribution in [0.1, 0.15) is 19.8 Å². The zero-order valence-corrected chi connectivity index (χ0v) is 9.45. The smallest absolute Gasteiger partial charge is 0.306 e. The fourth-order valence-corrected chi connectivity index (χ4v) is 1.07. The van der Waals surface area contributed by atoms with Crippen LogP contribution in [0.5, 0.6) is 0 Å². The maximum Gasteiger partial charge on any atom is 0.306 e. The maximum absolute atomic E-state index is 11.1. The van der Waals surface area contributed by atoms with E-state index in [9.17, 15) is 9.59 Å². The molecule has 90 valence electrons. The van der Waals surface area contributed by atoms with Gasteiger partial charge in [0.05, 0.1) is 19.0 Å². The molecule has 0 heterocycles. The number of hydrogen-bond acceptors (Lipinski definition) is 3. The number of amides is 1. The van der Waals surface area contributed by atoms with E-state index in [1.54, 1.807) is 6.92 Å². The summed E-state index contributed by atoms with van der Waals surface area (Å²) in [5.74, 6) is 1.07. The topological polar surface area (TPSA) is 78.4 Å². The van der Waals surface area contributed by atoms with Gasteiger partial charge in [0.25, 0.3) is 0 Å². The number of carboxylic acid groups (broad SMARTS) is 1. The van der Waals surface area contributed by atoms with Gasteiger partial charge >= 0.3 is 5.97 Å². The van der Waals surface area contributed by atoms with Crippen molar-refractivity contribution >= 4 is 11.9 Å². The van der Waals surface area contributed by atoms with Gasteiger partial charge in [-0.2, -0.15) is 0 Å². The van der Waals surface area contributed by atoms with Gasteiger partial charge in [-0.25, -0.2) is 0 Å². The summed E-state index contributed by atoms with van der Waals surface area (Å²) in [6.45, 7) is 2.70. The lowest BCUT2D eigenvalue weighted by Crippen LogP contribution is -2.34. The number of carbonyl (C=O) groups excluding carboxylic acids is 1. The summed E-state index contributed by atoms with van der Waals surface area (Å²) >= 11 is 0. The molecule has 0 aromatic rings. The molecule has 1 atom stereocenters. The van der Waals surface area contributed by atoms with Crippen LogP contribution in [0.25, 0.3) is 0 Å². The molecule has 0 spiro atoms. The zero-order valence-electron chi connectivity index (χ0n) is 9.45. The van der Waals surface area contributed by atoms with Gasteiger partial charge in [0, 0.05) is 6.54 Å². The average molecular weight is 226 g/mol. The third-order valence-electron chi connectivity index (χ3n) is 2.07. The van der Waals surface area contributed by atoms with Crippen LogP contribution in [-0.4, -0.2) is 36.6 Å². The lowest BCUT2D eigenvalue weighted by atomic mass is 10.1. The van der Waals surface area contributed by atoms with Crippen LogP contribution >= 0.6 is 0 Å². The second kappa shape index (κ2) is 8.74. The van der Waals surface area contributed by atoms with E-state index in [4.69, 9.17) is 11.5 Å². The molecule has 1 amide bonds. The highest BCUT2D eigenvalue weighted by atomic mass is 16.4. The highest BCUT2D eigenvalue weighted by Crippen LogP contribution is 2.03. The maximum atomic E-state index is 11.1. The molecule has 0 aromatic heterocycles. The molecule has 5 nitrogen and oxygen atoms in total. The average Bonchev–Trinajstić information content (AvgIpc) is 2.24. The molecule has 0 rings (SSSR count). The molecule has 0 saturated heterocycles. The Morgan fingerprint density at radius 2 is 2.19 bits per heavy atom. The number of carboxylic acids is 1. The van der Waals surface area contributed by atoms with Crippen molar-refractivity contribution in [2.45, 2.75) is 19.8 Å². The molecule has 0 saturated carbocycles. The van der Waals surface area contributed by atoms with Crippen molar-refractivity contribution in [2.75, 3.05) is 19.6 Å². The normalized spacial score (nSPS) is 11.5. The molecule has 0 aromatic carbocycles. The number of aliphatic carboxylic acids is 1. The fourth-order valence-electron chi connectivity index (χ4n) is 1.07. The minimum atomic E-state index is -0.804. The van der Waals surface area contributed by atoms with Crippen molar-refractivity contribution in [2.24, 2.45) is 5.92 Å². The van der Waals surface area contributed by atoms with Crippen LogP contribution in [-0.2, 0) is 9.59 Å². The fraction of sp³-hybridized carbons (Fsp3) is 0.636. The molecular formula is C11H18N2O3. The Hall–Kier alpha value is -1.54. The van der Waals surface area contributed by atoms with Gasteiger partial charge in [-0.3, -0.25) is 14.9 Å².